The van der Waals surface area contributed by atoms with Crippen LogP contribution in [-0.4, -0.2) is 5.71 Å². The Morgan fingerprint density at radius 1 is 0.491 bits per heavy atom. The predicted octanol–water partition coefficient (Wildman–Crippen LogP) is 16.3. The zero-order valence-electron chi connectivity index (χ0n) is 31.3. The maximum Gasteiger partial charge on any atom is 0.0721 e. The quantitative estimate of drug-likeness (QED) is 0.122. The molecule has 3 heterocycles. The van der Waals surface area contributed by atoms with Crippen molar-refractivity contribution in [2.24, 2.45) is 4.99 Å². The summed E-state index contributed by atoms with van der Waals surface area (Å²) in [6.45, 7) is 13.0. The van der Waals surface area contributed by atoms with Crippen molar-refractivity contribution in [1.82, 2.24) is 0 Å². The Labute approximate surface area is 333 Å². The molecule has 10 rings (SSSR count). The van der Waals surface area contributed by atoms with Crippen LogP contribution in [0.4, 0.5) is 0 Å². The Morgan fingerprint density at radius 3 is 1.75 bits per heavy atom. The van der Waals surface area contributed by atoms with E-state index in [2.05, 4.69) is 186 Å². The Bertz CT molecular complexity index is 3160. The number of benzene rings is 7. The number of rotatable bonds is 5. The minimum Gasteiger partial charge on any atom is -0.258 e. The minimum atomic E-state index is 0.957. The number of aliphatic imine (C=N–C) groups is 1. The molecule has 4 heteroatoms. The van der Waals surface area contributed by atoms with Crippen molar-refractivity contribution in [3.8, 4) is 11.1 Å². The lowest BCUT2D eigenvalue weighted by Gasteiger charge is -2.10. The van der Waals surface area contributed by atoms with E-state index in [1.165, 1.54) is 88.3 Å². The molecule has 0 amide bonds. The first kappa shape index (κ1) is 35.1. The van der Waals surface area contributed by atoms with Crippen molar-refractivity contribution in [2.45, 2.75) is 27.7 Å². The zero-order valence-corrected chi connectivity index (χ0v) is 33.8. The van der Waals surface area contributed by atoms with Crippen molar-refractivity contribution < 1.29 is 0 Å². The molecule has 1 nitrogen and oxygen atoms in total. The van der Waals surface area contributed by atoms with Gasteiger partial charge in [-0.3, -0.25) is 4.99 Å². The monoisotopic (exact) mass is 761 g/mol. The summed E-state index contributed by atoms with van der Waals surface area (Å²) in [7, 11) is 0. The van der Waals surface area contributed by atoms with Gasteiger partial charge in [-0.15, -0.1) is 34.0 Å². The molecular weight excluding hydrogens is 723 g/mol. The van der Waals surface area contributed by atoms with Gasteiger partial charge in [-0.1, -0.05) is 128 Å². The molecule has 0 fully saturated rings. The van der Waals surface area contributed by atoms with Crippen LogP contribution in [0.2, 0.25) is 0 Å². The summed E-state index contributed by atoms with van der Waals surface area (Å²) in [5, 5.41) is 7.89. The molecule has 0 unspecified atom stereocenters. The van der Waals surface area contributed by atoms with E-state index in [1.807, 2.05) is 34.0 Å². The van der Waals surface area contributed by atoms with Crippen LogP contribution in [0.25, 0.3) is 82.9 Å². The summed E-state index contributed by atoms with van der Waals surface area (Å²) >= 11 is 5.58. The molecule has 0 saturated carbocycles. The minimum absolute atomic E-state index is 0.957. The number of aryl methyl sites for hydroxylation is 2. The Kier molecular flexibility index (Phi) is 9.27. The highest BCUT2D eigenvalue weighted by Crippen LogP contribution is 2.43. The predicted molar refractivity (Wildman–Crippen MR) is 249 cm³/mol. The summed E-state index contributed by atoms with van der Waals surface area (Å²) in [6.07, 6.45) is 2.16. The summed E-state index contributed by atoms with van der Waals surface area (Å²) in [5.41, 5.74) is 10.7. The van der Waals surface area contributed by atoms with Crippen LogP contribution < -0.4 is 0 Å². The van der Waals surface area contributed by atoms with E-state index in [-0.39, 0.29) is 0 Å². The van der Waals surface area contributed by atoms with E-state index in [0.717, 1.165) is 22.5 Å². The second-order valence-corrected chi connectivity index (χ2v) is 17.4. The number of allylic oxidation sites excluding steroid dienone is 2. The fraction of sp³-hybridized carbons (Fsp3) is 0.0784. The molecule has 7 aromatic carbocycles. The highest BCUT2D eigenvalue weighted by Gasteiger charge is 2.16. The lowest BCUT2D eigenvalue weighted by molar-refractivity contribution is 1.43. The number of nitrogens with zero attached hydrogens (tertiary/aromatic N) is 1. The van der Waals surface area contributed by atoms with Crippen LogP contribution in [0.15, 0.2) is 163 Å². The molecule has 0 bridgehead atoms. The van der Waals surface area contributed by atoms with Gasteiger partial charge in [0.25, 0.3) is 0 Å². The van der Waals surface area contributed by atoms with Gasteiger partial charge in [0.15, 0.2) is 0 Å². The fourth-order valence-corrected chi connectivity index (χ4v) is 11.4. The van der Waals surface area contributed by atoms with Gasteiger partial charge in [0, 0.05) is 77.4 Å². The van der Waals surface area contributed by atoms with E-state index in [4.69, 9.17) is 4.99 Å². The van der Waals surface area contributed by atoms with Gasteiger partial charge in [-0.25, -0.2) is 0 Å². The van der Waals surface area contributed by atoms with Gasteiger partial charge in [0.2, 0.25) is 0 Å². The Morgan fingerprint density at radius 2 is 1.04 bits per heavy atom. The second kappa shape index (κ2) is 14.5. The highest BCUT2D eigenvalue weighted by molar-refractivity contribution is 7.27. The van der Waals surface area contributed by atoms with E-state index in [1.54, 1.807) is 0 Å². The van der Waals surface area contributed by atoms with Gasteiger partial charge in [0.1, 0.15) is 0 Å². The zero-order chi connectivity index (χ0) is 37.6. The maximum atomic E-state index is 4.99. The molecule has 0 N–H and O–H groups in total. The molecule has 55 heavy (non-hydrogen) atoms. The van der Waals surface area contributed by atoms with E-state index in [0.29, 0.717) is 0 Å². The lowest BCUT2D eigenvalue weighted by atomic mass is 9.95. The number of hydrogen-bond acceptors (Lipinski definition) is 4. The first-order valence-electron chi connectivity index (χ1n) is 18.6. The molecular formula is C51H39NS3. The molecule has 0 saturated heterocycles. The molecule has 3 aromatic heterocycles. The standard InChI is InChI=1S/C31H23NS2.C20H16S/c1-19(2)32-26(24-14-8-13-23-22-10-4-6-15-27(22)34-31(23)24)18-20(3)21-12-9-17-29-30(21)25-11-5-7-16-28(25)33-29;1-13-7-3-4-8-15(13)19-14(2)11-12-17-16-9-5-6-10-18(16)21-20(17)19/h4-18H,3H2,1-2H3;3-12H,1-2H3/b26-18-;. The SMILES string of the molecule is C=C(/C=C(\N=C(C)C)c1cccc2c1sc1ccccc12)c1cccc2sc3ccccc3c12.Cc1ccccc1-c1c(C)ccc2c1sc1ccccc12. The van der Waals surface area contributed by atoms with Crippen molar-refractivity contribution in [1.29, 1.82) is 0 Å². The maximum absolute atomic E-state index is 4.99. The van der Waals surface area contributed by atoms with Crippen molar-refractivity contribution in [3.05, 3.63) is 181 Å². The summed E-state index contributed by atoms with van der Waals surface area (Å²) in [5.74, 6) is 0. The van der Waals surface area contributed by atoms with Crippen LogP contribution >= 0.6 is 34.0 Å². The van der Waals surface area contributed by atoms with E-state index in [9.17, 15) is 0 Å². The molecule has 0 aliphatic heterocycles. The molecule has 0 aliphatic carbocycles. The van der Waals surface area contributed by atoms with E-state index < -0.39 is 0 Å². The van der Waals surface area contributed by atoms with Crippen LogP contribution in [0.1, 0.15) is 36.1 Å². The van der Waals surface area contributed by atoms with Gasteiger partial charge >= 0.3 is 0 Å². The fourth-order valence-electron chi connectivity index (χ4n) is 7.72. The van der Waals surface area contributed by atoms with Crippen molar-refractivity contribution in [3.63, 3.8) is 0 Å². The third-order valence-corrected chi connectivity index (χ3v) is 13.8. The highest BCUT2D eigenvalue weighted by atomic mass is 32.1. The van der Waals surface area contributed by atoms with Gasteiger partial charge < -0.3 is 0 Å². The van der Waals surface area contributed by atoms with Gasteiger partial charge in [0.05, 0.1) is 5.70 Å². The summed E-state index contributed by atoms with van der Waals surface area (Å²) in [4.78, 5) is 4.99. The van der Waals surface area contributed by atoms with Crippen LogP contribution in [0.3, 0.4) is 0 Å². The lowest BCUT2D eigenvalue weighted by Crippen LogP contribution is -1.89. The normalized spacial score (nSPS) is 11.8. The molecule has 0 spiro atoms. The smallest absolute Gasteiger partial charge is 0.0721 e. The third kappa shape index (κ3) is 6.40. The van der Waals surface area contributed by atoms with Gasteiger partial charge in [-0.05, 0) is 85.9 Å². The van der Waals surface area contributed by atoms with Crippen LogP contribution in [0, 0.1) is 13.8 Å². The van der Waals surface area contributed by atoms with E-state index >= 15 is 0 Å². The Hall–Kier alpha value is -5.65. The molecule has 266 valence electrons. The Balaban J connectivity index is 0.000000161. The van der Waals surface area contributed by atoms with Crippen LogP contribution in [0.5, 0.6) is 0 Å². The molecule has 0 aliphatic rings. The molecule has 0 radical (unpaired) electrons. The molecule has 10 aromatic rings. The molecule has 0 atom stereocenters. The van der Waals surface area contributed by atoms with Crippen molar-refractivity contribution >= 4 is 112 Å². The van der Waals surface area contributed by atoms with Crippen LogP contribution in [-0.2, 0) is 0 Å². The number of fused-ring (bicyclic) bond motifs is 9. The second-order valence-electron chi connectivity index (χ2n) is 14.2. The summed E-state index contributed by atoms with van der Waals surface area (Å²) < 4.78 is 7.94. The summed E-state index contributed by atoms with van der Waals surface area (Å²) in [6, 6.07) is 52.2. The van der Waals surface area contributed by atoms with Crippen molar-refractivity contribution in [2.75, 3.05) is 0 Å². The average molecular weight is 762 g/mol. The number of thiophene rings is 3. The average Bonchev–Trinajstić information content (AvgIpc) is 3.89. The largest absolute Gasteiger partial charge is 0.258 e. The number of hydrogen-bond donors (Lipinski definition) is 0. The first-order valence-corrected chi connectivity index (χ1v) is 21.0. The topological polar surface area (TPSA) is 12.4 Å². The third-order valence-electron chi connectivity index (χ3n) is 10.3. The van der Waals surface area contributed by atoms with Gasteiger partial charge in [-0.2, -0.15) is 0 Å². The first-order chi connectivity index (χ1) is 26.9.